The standard InChI is InChI=1S/C19H23N3O5/c1-3-10-20-16(23)7-5-4-6-11-22-17(24)14-9-8-13(18(25)27-2)12-15(14)21-19(22)26/h3,8-9,12,14H,1,4-7,10-11H2,2H3,(H,20,23). The molecule has 0 aromatic heterocycles. The SMILES string of the molecule is C=CCNC(=O)CCCCCN1C(=O)N=C2C=C(C(=O)OC)C=CC2C1=O. The van der Waals surface area contributed by atoms with Gasteiger partial charge in [-0.25, -0.2) is 9.59 Å². The van der Waals surface area contributed by atoms with Crippen LogP contribution in [0.4, 0.5) is 4.79 Å². The number of rotatable bonds is 9. The summed E-state index contributed by atoms with van der Waals surface area (Å²) >= 11 is 0. The average Bonchev–Trinajstić information content (AvgIpc) is 2.67. The van der Waals surface area contributed by atoms with E-state index in [1.807, 2.05) is 0 Å². The minimum absolute atomic E-state index is 0.0465. The number of aliphatic imine (C=N–C) groups is 1. The van der Waals surface area contributed by atoms with Gasteiger partial charge in [0.25, 0.3) is 0 Å². The summed E-state index contributed by atoms with van der Waals surface area (Å²) in [5.74, 6) is -1.62. The highest BCUT2D eigenvalue weighted by atomic mass is 16.5. The molecular formula is C19H23N3O5. The number of nitrogens with zero attached hydrogens (tertiary/aromatic N) is 2. The Hall–Kier alpha value is -3.03. The van der Waals surface area contributed by atoms with Gasteiger partial charge in [-0.2, -0.15) is 4.99 Å². The fourth-order valence-corrected chi connectivity index (χ4v) is 2.80. The molecule has 2 rings (SSSR count). The number of fused-ring (bicyclic) bond motifs is 1. The van der Waals surface area contributed by atoms with E-state index in [1.54, 1.807) is 12.2 Å². The van der Waals surface area contributed by atoms with E-state index in [-0.39, 0.29) is 29.6 Å². The second-order valence-electron chi connectivity index (χ2n) is 6.14. The van der Waals surface area contributed by atoms with Gasteiger partial charge in [-0.3, -0.25) is 14.5 Å². The highest BCUT2D eigenvalue weighted by Gasteiger charge is 2.36. The van der Waals surface area contributed by atoms with Gasteiger partial charge in [0.1, 0.15) is 0 Å². The topological polar surface area (TPSA) is 105 Å². The van der Waals surface area contributed by atoms with Crippen molar-refractivity contribution in [3.05, 3.63) is 36.5 Å². The van der Waals surface area contributed by atoms with E-state index in [1.165, 1.54) is 19.3 Å². The number of hydrogen-bond acceptors (Lipinski definition) is 5. The monoisotopic (exact) mass is 373 g/mol. The molecule has 4 amide bonds. The number of carbonyl (C=O) groups excluding carboxylic acids is 4. The number of allylic oxidation sites excluding steroid dienone is 1. The van der Waals surface area contributed by atoms with Crippen LogP contribution in [-0.2, 0) is 19.1 Å². The Morgan fingerprint density at radius 1 is 1.33 bits per heavy atom. The van der Waals surface area contributed by atoms with Crippen LogP contribution in [0.2, 0.25) is 0 Å². The van der Waals surface area contributed by atoms with Crippen LogP contribution < -0.4 is 5.32 Å². The minimum atomic E-state index is -0.666. The smallest absolute Gasteiger partial charge is 0.350 e. The second kappa shape index (κ2) is 9.61. The first-order valence-corrected chi connectivity index (χ1v) is 8.77. The summed E-state index contributed by atoms with van der Waals surface area (Å²) in [7, 11) is 1.26. The molecule has 8 nitrogen and oxygen atoms in total. The summed E-state index contributed by atoms with van der Waals surface area (Å²) in [6.07, 6.45) is 8.44. The summed E-state index contributed by atoms with van der Waals surface area (Å²) in [6.45, 7) is 4.22. The highest BCUT2D eigenvalue weighted by molar-refractivity contribution is 6.23. The summed E-state index contributed by atoms with van der Waals surface area (Å²) < 4.78 is 4.63. The Balaban J connectivity index is 1.86. The summed E-state index contributed by atoms with van der Waals surface area (Å²) in [5, 5.41) is 2.69. The van der Waals surface area contributed by atoms with Crippen molar-refractivity contribution in [2.45, 2.75) is 25.7 Å². The fraction of sp³-hybridized carbons (Fsp3) is 0.421. The molecule has 1 atom stereocenters. The second-order valence-corrected chi connectivity index (χ2v) is 6.14. The van der Waals surface area contributed by atoms with Gasteiger partial charge in [0.15, 0.2) is 0 Å². The van der Waals surface area contributed by atoms with Gasteiger partial charge in [0.2, 0.25) is 11.8 Å². The molecule has 1 unspecified atom stereocenters. The van der Waals surface area contributed by atoms with Crippen LogP contribution >= 0.6 is 0 Å². The molecule has 0 saturated carbocycles. The largest absolute Gasteiger partial charge is 0.465 e. The van der Waals surface area contributed by atoms with Crippen LogP contribution in [0.1, 0.15) is 25.7 Å². The van der Waals surface area contributed by atoms with Crippen molar-refractivity contribution in [3.8, 4) is 0 Å². The lowest BCUT2D eigenvalue weighted by molar-refractivity contribution is -0.136. The molecule has 0 fully saturated rings. The molecule has 2 aliphatic rings. The molecule has 0 saturated heterocycles. The first-order chi connectivity index (χ1) is 13.0. The number of carbonyl (C=O) groups is 4. The molecular weight excluding hydrogens is 350 g/mol. The third-order valence-electron chi connectivity index (χ3n) is 4.23. The molecule has 0 aromatic rings. The van der Waals surface area contributed by atoms with Crippen LogP contribution in [0.3, 0.4) is 0 Å². The van der Waals surface area contributed by atoms with Crippen molar-refractivity contribution in [2.75, 3.05) is 20.2 Å². The zero-order valence-corrected chi connectivity index (χ0v) is 15.3. The molecule has 1 aliphatic heterocycles. The highest BCUT2D eigenvalue weighted by Crippen LogP contribution is 2.23. The molecule has 0 radical (unpaired) electrons. The third-order valence-corrected chi connectivity index (χ3v) is 4.23. The van der Waals surface area contributed by atoms with Crippen LogP contribution in [0, 0.1) is 5.92 Å². The Labute approximate surface area is 157 Å². The van der Waals surface area contributed by atoms with Gasteiger partial charge in [0, 0.05) is 19.5 Å². The van der Waals surface area contributed by atoms with Gasteiger partial charge >= 0.3 is 12.0 Å². The number of methoxy groups -OCH3 is 1. The number of esters is 1. The zero-order valence-electron chi connectivity index (χ0n) is 15.3. The van der Waals surface area contributed by atoms with E-state index >= 15 is 0 Å². The Kier molecular flexibility index (Phi) is 7.22. The molecule has 144 valence electrons. The summed E-state index contributed by atoms with van der Waals surface area (Å²) in [6, 6.07) is -0.634. The quantitative estimate of drug-likeness (QED) is 0.375. The fourth-order valence-electron chi connectivity index (χ4n) is 2.80. The van der Waals surface area contributed by atoms with E-state index in [4.69, 9.17) is 0 Å². The predicted molar refractivity (Wildman–Crippen MR) is 98.9 cm³/mol. The van der Waals surface area contributed by atoms with Crippen molar-refractivity contribution in [1.29, 1.82) is 0 Å². The molecule has 1 aliphatic carbocycles. The van der Waals surface area contributed by atoms with E-state index in [0.717, 1.165) is 4.90 Å². The first-order valence-electron chi connectivity index (χ1n) is 8.77. The van der Waals surface area contributed by atoms with E-state index in [2.05, 4.69) is 21.6 Å². The van der Waals surface area contributed by atoms with Crippen LogP contribution in [0.25, 0.3) is 0 Å². The molecule has 0 aromatic carbocycles. The van der Waals surface area contributed by atoms with Gasteiger partial charge in [0.05, 0.1) is 24.3 Å². The maximum absolute atomic E-state index is 12.6. The van der Waals surface area contributed by atoms with Crippen molar-refractivity contribution in [3.63, 3.8) is 0 Å². The van der Waals surface area contributed by atoms with E-state index in [9.17, 15) is 19.2 Å². The van der Waals surface area contributed by atoms with Crippen LogP contribution in [0.5, 0.6) is 0 Å². The Morgan fingerprint density at radius 2 is 2.11 bits per heavy atom. The van der Waals surface area contributed by atoms with E-state index in [0.29, 0.717) is 32.2 Å². The average molecular weight is 373 g/mol. The molecule has 1 heterocycles. The summed E-state index contributed by atoms with van der Waals surface area (Å²) in [5.41, 5.74) is 0.499. The molecule has 0 bridgehead atoms. The zero-order chi connectivity index (χ0) is 19.8. The lowest BCUT2D eigenvalue weighted by atomic mass is 9.92. The normalized spacial score (nSPS) is 18.4. The van der Waals surface area contributed by atoms with Gasteiger partial charge < -0.3 is 10.1 Å². The van der Waals surface area contributed by atoms with Crippen molar-refractivity contribution in [2.24, 2.45) is 10.9 Å². The molecule has 8 heteroatoms. The van der Waals surface area contributed by atoms with Gasteiger partial charge in [-0.15, -0.1) is 6.58 Å². The van der Waals surface area contributed by atoms with Crippen molar-refractivity contribution in [1.82, 2.24) is 10.2 Å². The number of imide groups is 1. The Bertz CT molecular complexity index is 736. The minimum Gasteiger partial charge on any atom is -0.465 e. The number of nitrogens with one attached hydrogen (secondary N) is 1. The maximum atomic E-state index is 12.6. The number of ether oxygens (including phenoxy) is 1. The number of urea groups is 1. The predicted octanol–water partition coefficient (Wildman–Crippen LogP) is 1.54. The van der Waals surface area contributed by atoms with Gasteiger partial charge in [-0.1, -0.05) is 24.6 Å². The van der Waals surface area contributed by atoms with Crippen molar-refractivity contribution < 1.29 is 23.9 Å². The third kappa shape index (κ3) is 5.22. The van der Waals surface area contributed by atoms with E-state index < -0.39 is 17.9 Å². The first kappa shape index (κ1) is 20.3. The Morgan fingerprint density at radius 3 is 2.81 bits per heavy atom. The molecule has 27 heavy (non-hydrogen) atoms. The van der Waals surface area contributed by atoms with Crippen LogP contribution in [-0.4, -0.2) is 54.6 Å². The molecule has 1 N–H and O–H groups in total. The number of hydrogen-bond donors (Lipinski definition) is 1. The summed E-state index contributed by atoms with van der Waals surface area (Å²) in [4.78, 5) is 52.8. The van der Waals surface area contributed by atoms with Crippen LogP contribution in [0.15, 0.2) is 41.4 Å². The molecule has 0 spiro atoms. The lowest BCUT2D eigenvalue weighted by Gasteiger charge is -2.28. The number of unbranched alkanes of at least 4 members (excludes halogenated alkanes) is 2. The maximum Gasteiger partial charge on any atom is 0.350 e. The number of amides is 4. The lowest BCUT2D eigenvalue weighted by Crippen LogP contribution is -2.46. The van der Waals surface area contributed by atoms with Gasteiger partial charge in [-0.05, 0) is 18.9 Å². The van der Waals surface area contributed by atoms with Crippen molar-refractivity contribution >= 4 is 29.5 Å².